The number of aromatic nitrogens is 2. The number of aliphatic hydroxyl groups is 1. The highest BCUT2D eigenvalue weighted by molar-refractivity contribution is 6.30. The zero-order valence-electron chi connectivity index (χ0n) is 15.1. The van der Waals surface area contributed by atoms with Crippen molar-refractivity contribution in [2.45, 2.75) is 38.8 Å². The van der Waals surface area contributed by atoms with Crippen LogP contribution in [0.2, 0.25) is 5.02 Å². The molecule has 1 amide bonds. The summed E-state index contributed by atoms with van der Waals surface area (Å²) in [6, 6.07) is 9.01. The Kier molecular flexibility index (Phi) is 5.53. The molecule has 0 bridgehead atoms. The summed E-state index contributed by atoms with van der Waals surface area (Å²) < 4.78 is 7.41. The van der Waals surface area contributed by atoms with Gasteiger partial charge in [-0.2, -0.15) is 5.10 Å². The van der Waals surface area contributed by atoms with E-state index in [0.29, 0.717) is 23.7 Å². The SMILES string of the molecule is Cc1cc(C)n(CC(=O)N2CCCC(O)(COc3cccc(Cl)c3)C2)n1. The summed E-state index contributed by atoms with van der Waals surface area (Å²) in [5.41, 5.74) is 0.776. The van der Waals surface area contributed by atoms with Gasteiger partial charge in [0.2, 0.25) is 5.91 Å². The number of rotatable bonds is 5. The highest BCUT2D eigenvalue weighted by atomic mass is 35.5. The summed E-state index contributed by atoms with van der Waals surface area (Å²) in [7, 11) is 0. The zero-order valence-corrected chi connectivity index (χ0v) is 15.9. The van der Waals surface area contributed by atoms with E-state index in [0.717, 1.165) is 17.8 Å². The van der Waals surface area contributed by atoms with Crippen molar-refractivity contribution in [1.29, 1.82) is 0 Å². The number of hydrogen-bond donors (Lipinski definition) is 1. The summed E-state index contributed by atoms with van der Waals surface area (Å²) >= 11 is 5.95. The van der Waals surface area contributed by atoms with Crippen molar-refractivity contribution >= 4 is 17.5 Å². The molecule has 3 rings (SSSR count). The highest BCUT2D eigenvalue weighted by Gasteiger charge is 2.36. The number of halogens is 1. The number of carbonyl (C=O) groups excluding carboxylic acids is 1. The molecule has 1 N–H and O–H groups in total. The minimum Gasteiger partial charge on any atom is -0.490 e. The number of β-amino-alcohol motifs (C(OH)–C–C–N with tert-alkyl or cyclic N) is 1. The van der Waals surface area contributed by atoms with Crippen LogP contribution in [0.4, 0.5) is 0 Å². The molecular formula is C19H24ClN3O3. The number of hydrogen-bond acceptors (Lipinski definition) is 4. The fraction of sp³-hybridized carbons (Fsp3) is 0.474. The van der Waals surface area contributed by atoms with Gasteiger partial charge in [-0.3, -0.25) is 9.48 Å². The van der Waals surface area contributed by atoms with Gasteiger partial charge >= 0.3 is 0 Å². The van der Waals surface area contributed by atoms with E-state index in [1.807, 2.05) is 19.9 Å². The Morgan fingerprint density at radius 3 is 2.88 bits per heavy atom. The number of likely N-dealkylation sites (tertiary alicyclic amines) is 1. The first kappa shape index (κ1) is 18.7. The Labute approximate surface area is 158 Å². The molecule has 1 unspecified atom stereocenters. The largest absolute Gasteiger partial charge is 0.490 e. The lowest BCUT2D eigenvalue weighted by Gasteiger charge is -2.39. The molecule has 1 aliphatic rings. The molecule has 0 saturated carbocycles. The van der Waals surface area contributed by atoms with Gasteiger partial charge in [0.15, 0.2) is 0 Å². The fourth-order valence-electron chi connectivity index (χ4n) is 3.28. The molecule has 0 radical (unpaired) electrons. The Hall–Kier alpha value is -2.05. The Bertz CT molecular complexity index is 792. The first-order chi connectivity index (χ1) is 12.3. The van der Waals surface area contributed by atoms with E-state index in [-0.39, 0.29) is 25.6 Å². The van der Waals surface area contributed by atoms with Crippen molar-refractivity contribution < 1.29 is 14.6 Å². The van der Waals surface area contributed by atoms with E-state index in [2.05, 4.69) is 5.10 Å². The second-order valence-corrected chi connectivity index (χ2v) is 7.41. The summed E-state index contributed by atoms with van der Waals surface area (Å²) in [5.74, 6) is 0.564. The van der Waals surface area contributed by atoms with Crippen LogP contribution in [0.5, 0.6) is 5.75 Å². The third-order valence-corrected chi connectivity index (χ3v) is 4.84. The molecule has 1 fully saturated rings. The van der Waals surface area contributed by atoms with E-state index < -0.39 is 5.60 Å². The minimum atomic E-state index is -1.06. The van der Waals surface area contributed by atoms with Gasteiger partial charge in [0.25, 0.3) is 0 Å². The van der Waals surface area contributed by atoms with E-state index in [4.69, 9.17) is 16.3 Å². The van der Waals surface area contributed by atoms with Crippen LogP contribution in [0.15, 0.2) is 30.3 Å². The maximum absolute atomic E-state index is 12.6. The van der Waals surface area contributed by atoms with Crippen molar-refractivity contribution in [3.63, 3.8) is 0 Å². The molecule has 2 aromatic rings. The molecule has 140 valence electrons. The van der Waals surface area contributed by atoms with E-state index in [9.17, 15) is 9.90 Å². The van der Waals surface area contributed by atoms with E-state index in [1.165, 1.54) is 0 Å². The minimum absolute atomic E-state index is 0.0444. The molecule has 1 aliphatic heterocycles. The average molecular weight is 378 g/mol. The summed E-state index contributed by atoms with van der Waals surface area (Å²) in [6.45, 7) is 5.03. The third-order valence-electron chi connectivity index (χ3n) is 4.60. The van der Waals surface area contributed by atoms with Gasteiger partial charge in [-0.25, -0.2) is 0 Å². The molecule has 1 aromatic carbocycles. The summed E-state index contributed by atoms with van der Waals surface area (Å²) in [4.78, 5) is 14.3. The molecule has 0 aliphatic carbocycles. The molecule has 2 heterocycles. The average Bonchev–Trinajstić information content (AvgIpc) is 2.90. The number of amides is 1. The predicted octanol–water partition coefficient (Wildman–Crippen LogP) is 2.59. The van der Waals surface area contributed by atoms with Crippen LogP contribution in [0.1, 0.15) is 24.2 Å². The second kappa shape index (κ2) is 7.68. The normalized spacial score (nSPS) is 20.2. The van der Waals surface area contributed by atoms with E-state index in [1.54, 1.807) is 33.8 Å². The summed E-state index contributed by atoms with van der Waals surface area (Å²) in [5, 5.41) is 15.8. The number of carbonyl (C=O) groups is 1. The lowest BCUT2D eigenvalue weighted by atomic mass is 9.93. The Morgan fingerprint density at radius 2 is 2.19 bits per heavy atom. The van der Waals surface area contributed by atoms with Crippen LogP contribution in [0.3, 0.4) is 0 Å². The van der Waals surface area contributed by atoms with Gasteiger partial charge in [0.05, 0.1) is 12.2 Å². The van der Waals surface area contributed by atoms with Crippen LogP contribution in [0, 0.1) is 13.8 Å². The smallest absolute Gasteiger partial charge is 0.244 e. The standard InChI is InChI=1S/C19H24ClN3O3/c1-14-9-15(2)23(21-14)11-18(24)22-8-4-7-19(25,12-22)13-26-17-6-3-5-16(20)10-17/h3,5-6,9-10,25H,4,7-8,11-13H2,1-2H3. The monoisotopic (exact) mass is 377 g/mol. The van der Waals surface area contributed by atoms with Gasteiger partial charge in [-0.1, -0.05) is 17.7 Å². The van der Waals surface area contributed by atoms with Crippen molar-refractivity contribution in [3.05, 3.63) is 46.7 Å². The van der Waals surface area contributed by atoms with Crippen molar-refractivity contribution in [3.8, 4) is 5.75 Å². The van der Waals surface area contributed by atoms with Gasteiger partial charge in [0, 0.05) is 17.3 Å². The molecular weight excluding hydrogens is 354 g/mol. The maximum atomic E-state index is 12.6. The van der Waals surface area contributed by atoms with Crippen LogP contribution in [0.25, 0.3) is 0 Å². The van der Waals surface area contributed by atoms with Gasteiger partial charge < -0.3 is 14.7 Å². The first-order valence-corrected chi connectivity index (χ1v) is 9.12. The molecule has 0 spiro atoms. The highest BCUT2D eigenvalue weighted by Crippen LogP contribution is 2.24. The number of nitrogens with zero attached hydrogens (tertiary/aromatic N) is 3. The van der Waals surface area contributed by atoms with Crippen LogP contribution in [-0.2, 0) is 11.3 Å². The summed E-state index contributed by atoms with van der Waals surface area (Å²) in [6.07, 6.45) is 1.33. The lowest BCUT2D eigenvalue weighted by Crippen LogP contribution is -2.54. The number of ether oxygens (including phenoxy) is 1. The maximum Gasteiger partial charge on any atom is 0.244 e. The molecule has 1 atom stereocenters. The van der Waals surface area contributed by atoms with Gasteiger partial charge in [0.1, 0.15) is 24.5 Å². The molecule has 1 aromatic heterocycles. The molecule has 6 nitrogen and oxygen atoms in total. The quantitative estimate of drug-likeness (QED) is 0.869. The topological polar surface area (TPSA) is 67.6 Å². The lowest BCUT2D eigenvalue weighted by molar-refractivity contribution is -0.141. The zero-order chi connectivity index (χ0) is 18.7. The third kappa shape index (κ3) is 4.56. The van der Waals surface area contributed by atoms with Crippen molar-refractivity contribution in [2.75, 3.05) is 19.7 Å². The van der Waals surface area contributed by atoms with Crippen molar-refractivity contribution in [1.82, 2.24) is 14.7 Å². The van der Waals surface area contributed by atoms with Crippen LogP contribution in [-0.4, -0.2) is 51.0 Å². The molecule has 7 heteroatoms. The predicted molar refractivity (Wildman–Crippen MR) is 99.4 cm³/mol. The van der Waals surface area contributed by atoms with Crippen LogP contribution < -0.4 is 4.74 Å². The second-order valence-electron chi connectivity index (χ2n) is 6.97. The Morgan fingerprint density at radius 1 is 1.38 bits per heavy atom. The fourth-order valence-corrected chi connectivity index (χ4v) is 3.46. The molecule has 26 heavy (non-hydrogen) atoms. The number of benzene rings is 1. The van der Waals surface area contributed by atoms with Crippen LogP contribution >= 0.6 is 11.6 Å². The van der Waals surface area contributed by atoms with E-state index >= 15 is 0 Å². The van der Waals surface area contributed by atoms with Gasteiger partial charge in [-0.15, -0.1) is 0 Å². The van der Waals surface area contributed by atoms with Crippen molar-refractivity contribution in [2.24, 2.45) is 0 Å². The molecule has 1 saturated heterocycles. The van der Waals surface area contributed by atoms with Gasteiger partial charge in [-0.05, 0) is 51.0 Å². The number of aryl methyl sites for hydroxylation is 2. The Balaban J connectivity index is 1.60. The number of piperidine rings is 1. The first-order valence-electron chi connectivity index (χ1n) is 8.74.